The summed E-state index contributed by atoms with van der Waals surface area (Å²) in [6.45, 7) is 6.22. The molecule has 0 amide bonds. The average molecular weight is 357 g/mol. The number of thiazole rings is 1. The molecule has 0 spiro atoms. The summed E-state index contributed by atoms with van der Waals surface area (Å²) in [6, 6.07) is 3.52. The van der Waals surface area contributed by atoms with Gasteiger partial charge in [-0.3, -0.25) is 10.1 Å². The topological polar surface area (TPSA) is 56.0 Å². The third-order valence-corrected chi connectivity index (χ3v) is 4.69. The zero-order valence-corrected chi connectivity index (χ0v) is 14.1. The van der Waals surface area contributed by atoms with Gasteiger partial charge in [0.15, 0.2) is 0 Å². The lowest BCUT2D eigenvalue weighted by Crippen LogP contribution is -2.08. The molecule has 1 heterocycles. The van der Waals surface area contributed by atoms with Crippen molar-refractivity contribution in [2.45, 2.75) is 38.4 Å². The maximum absolute atomic E-state index is 11.3. The highest BCUT2D eigenvalue weighted by Crippen LogP contribution is 2.31. The standard InChI is InChI=1S/C14H17BrN2O2S/c1-8(2)4-11(15)5-10-6-12-14(20-9(3)16-12)7-13(10)17(18)19/h6-8,11H,4-5H2,1-3H3. The second-order valence-corrected chi connectivity index (χ2v) is 7.90. The van der Waals surface area contributed by atoms with E-state index in [0.29, 0.717) is 12.3 Å². The van der Waals surface area contributed by atoms with Crippen molar-refractivity contribution < 1.29 is 4.92 Å². The van der Waals surface area contributed by atoms with Crippen LogP contribution >= 0.6 is 27.3 Å². The highest BCUT2D eigenvalue weighted by atomic mass is 79.9. The van der Waals surface area contributed by atoms with Gasteiger partial charge in [0, 0.05) is 16.5 Å². The van der Waals surface area contributed by atoms with E-state index >= 15 is 0 Å². The number of halogens is 1. The van der Waals surface area contributed by atoms with Crippen LogP contribution in [0.4, 0.5) is 5.69 Å². The Morgan fingerprint density at radius 3 is 2.75 bits per heavy atom. The van der Waals surface area contributed by atoms with Crippen molar-refractivity contribution in [2.24, 2.45) is 5.92 Å². The number of hydrogen-bond acceptors (Lipinski definition) is 4. The minimum Gasteiger partial charge on any atom is -0.258 e. The normalized spacial score (nSPS) is 13.1. The molecule has 0 saturated heterocycles. The van der Waals surface area contributed by atoms with Gasteiger partial charge in [0.25, 0.3) is 5.69 Å². The number of nitro groups is 1. The first kappa shape index (κ1) is 15.4. The highest BCUT2D eigenvalue weighted by molar-refractivity contribution is 9.09. The lowest BCUT2D eigenvalue weighted by molar-refractivity contribution is -0.385. The lowest BCUT2D eigenvalue weighted by atomic mass is 10.0. The van der Waals surface area contributed by atoms with Crippen molar-refractivity contribution in [3.8, 4) is 0 Å². The molecule has 0 bridgehead atoms. The summed E-state index contributed by atoms with van der Waals surface area (Å²) in [5.74, 6) is 0.559. The Labute approximate surface area is 130 Å². The number of benzene rings is 1. The number of hydrogen-bond donors (Lipinski definition) is 0. The average Bonchev–Trinajstić information content (AvgIpc) is 2.65. The van der Waals surface area contributed by atoms with Crippen LogP contribution in [0.2, 0.25) is 0 Å². The van der Waals surface area contributed by atoms with Crippen molar-refractivity contribution in [1.29, 1.82) is 0 Å². The number of rotatable bonds is 5. The highest BCUT2D eigenvalue weighted by Gasteiger charge is 2.20. The van der Waals surface area contributed by atoms with E-state index in [9.17, 15) is 10.1 Å². The Kier molecular flexibility index (Phi) is 4.75. The molecule has 0 aliphatic carbocycles. The summed E-state index contributed by atoms with van der Waals surface area (Å²) in [4.78, 5) is 15.6. The van der Waals surface area contributed by atoms with E-state index in [1.807, 2.05) is 13.0 Å². The molecular formula is C14H17BrN2O2S. The van der Waals surface area contributed by atoms with E-state index in [1.54, 1.807) is 6.07 Å². The molecule has 1 atom stereocenters. The zero-order chi connectivity index (χ0) is 14.9. The Hall–Kier alpha value is -1.01. The minimum atomic E-state index is -0.293. The third-order valence-electron chi connectivity index (χ3n) is 3.06. The van der Waals surface area contributed by atoms with Crippen LogP contribution in [0.1, 0.15) is 30.8 Å². The number of aryl methyl sites for hydroxylation is 1. The maximum atomic E-state index is 11.3. The second kappa shape index (κ2) is 6.18. The Morgan fingerprint density at radius 2 is 2.15 bits per heavy atom. The molecule has 0 fully saturated rings. The first-order chi connectivity index (χ1) is 9.36. The van der Waals surface area contributed by atoms with Gasteiger partial charge in [-0.05, 0) is 31.7 Å². The summed E-state index contributed by atoms with van der Waals surface area (Å²) in [7, 11) is 0. The van der Waals surface area contributed by atoms with E-state index in [2.05, 4.69) is 34.8 Å². The molecule has 0 aliphatic heterocycles. The molecule has 1 aromatic heterocycles. The van der Waals surface area contributed by atoms with Crippen LogP contribution in [-0.4, -0.2) is 14.7 Å². The lowest BCUT2D eigenvalue weighted by Gasteiger charge is -2.12. The molecule has 4 nitrogen and oxygen atoms in total. The van der Waals surface area contributed by atoms with Gasteiger partial charge in [-0.2, -0.15) is 0 Å². The molecule has 20 heavy (non-hydrogen) atoms. The van der Waals surface area contributed by atoms with Crippen LogP contribution in [0.15, 0.2) is 12.1 Å². The van der Waals surface area contributed by atoms with Crippen molar-refractivity contribution in [1.82, 2.24) is 4.98 Å². The number of aromatic nitrogens is 1. The molecule has 1 unspecified atom stereocenters. The molecule has 6 heteroatoms. The van der Waals surface area contributed by atoms with E-state index in [1.165, 1.54) is 11.3 Å². The molecular weight excluding hydrogens is 340 g/mol. The van der Waals surface area contributed by atoms with Crippen molar-refractivity contribution in [3.63, 3.8) is 0 Å². The first-order valence-corrected chi connectivity index (χ1v) is 8.28. The Morgan fingerprint density at radius 1 is 1.45 bits per heavy atom. The molecule has 1 aromatic carbocycles. The fourth-order valence-electron chi connectivity index (χ4n) is 2.29. The molecule has 108 valence electrons. The molecule has 0 aliphatic rings. The van der Waals surface area contributed by atoms with Crippen molar-refractivity contribution >= 4 is 43.2 Å². The van der Waals surface area contributed by atoms with Crippen molar-refractivity contribution in [2.75, 3.05) is 0 Å². The van der Waals surface area contributed by atoms with E-state index < -0.39 is 0 Å². The number of alkyl halides is 1. The summed E-state index contributed by atoms with van der Waals surface area (Å²) in [5, 5.41) is 12.2. The van der Waals surface area contributed by atoms with Gasteiger partial charge in [-0.15, -0.1) is 11.3 Å². The van der Waals surface area contributed by atoms with Crippen LogP contribution in [0, 0.1) is 23.0 Å². The van der Waals surface area contributed by atoms with Gasteiger partial charge in [0.05, 0.1) is 20.1 Å². The van der Waals surface area contributed by atoms with Crippen LogP contribution in [0.5, 0.6) is 0 Å². The molecule has 0 saturated carbocycles. The number of fused-ring (bicyclic) bond motifs is 1. The van der Waals surface area contributed by atoms with Gasteiger partial charge < -0.3 is 0 Å². The van der Waals surface area contributed by atoms with E-state index in [0.717, 1.165) is 27.2 Å². The molecule has 0 radical (unpaired) electrons. The van der Waals surface area contributed by atoms with Crippen LogP contribution in [0.3, 0.4) is 0 Å². The third kappa shape index (κ3) is 3.55. The zero-order valence-electron chi connectivity index (χ0n) is 11.7. The van der Waals surface area contributed by atoms with Gasteiger partial charge in [0.2, 0.25) is 0 Å². The van der Waals surface area contributed by atoms with Gasteiger partial charge in [-0.25, -0.2) is 4.98 Å². The number of nitrogens with zero attached hydrogens (tertiary/aromatic N) is 2. The summed E-state index contributed by atoms with van der Waals surface area (Å²) < 4.78 is 0.882. The molecule has 2 rings (SSSR count). The first-order valence-electron chi connectivity index (χ1n) is 6.55. The summed E-state index contributed by atoms with van der Waals surface area (Å²) in [5.41, 5.74) is 1.82. The maximum Gasteiger partial charge on any atom is 0.274 e. The quantitative estimate of drug-likeness (QED) is 0.436. The Bertz CT molecular complexity index is 639. The predicted molar refractivity (Wildman–Crippen MR) is 86.9 cm³/mol. The van der Waals surface area contributed by atoms with Gasteiger partial charge in [-0.1, -0.05) is 29.8 Å². The molecule has 0 N–H and O–H groups in total. The van der Waals surface area contributed by atoms with Crippen LogP contribution in [-0.2, 0) is 6.42 Å². The monoisotopic (exact) mass is 356 g/mol. The molecule has 2 aromatic rings. The summed E-state index contributed by atoms with van der Waals surface area (Å²) in [6.07, 6.45) is 1.65. The fraction of sp³-hybridized carbons (Fsp3) is 0.500. The van der Waals surface area contributed by atoms with Crippen LogP contribution < -0.4 is 0 Å². The Balaban J connectivity index is 2.38. The van der Waals surface area contributed by atoms with Gasteiger partial charge in [0.1, 0.15) is 0 Å². The fourth-order valence-corrected chi connectivity index (χ4v) is 4.23. The van der Waals surface area contributed by atoms with E-state index in [-0.39, 0.29) is 15.4 Å². The smallest absolute Gasteiger partial charge is 0.258 e. The summed E-state index contributed by atoms with van der Waals surface area (Å²) >= 11 is 5.12. The number of nitro benzene ring substituents is 1. The van der Waals surface area contributed by atoms with E-state index in [4.69, 9.17) is 0 Å². The predicted octanol–water partition coefficient (Wildman–Crippen LogP) is 4.87. The minimum absolute atomic E-state index is 0.203. The van der Waals surface area contributed by atoms with Crippen LogP contribution in [0.25, 0.3) is 10.2 Å². The second-order valence-electron chi connectivity index (χ2n) is 5.37. The van der Waals surface area contributed by atoms with Gasteiger partial charge >= 0.3 is 0 Å². The largest absolute Gasteiger partial charge is 0.274 e. The SMILES string of the molecule is Cc1nc2cc(CC(Br)CC(C)C)c([N+](=O)[O-])cc2s1. The van der Waals surface area contributed by atoms with Crippen molar-refractivity contribution in [3.05, 3.63) is 32.8 Å².